The lowest BCUT2D eigenvalue weighted by Crippen LogP contribution is -2.39. The molecule has 170 valence electrons. The molecule has 0 saturated heterocycles. The van der Waals surface area contributed by atoms with Gasteiger partial charge in [0.1, 0.15) is 5.75 Å². The average Bonchev–Trinajstić information content (AvgIpc) is 3.45. The van der Waals surface area contributed by atoms with Gasteiger partial charge in [-0.15, -0.1) is 0 Å². The van der Waals surface area contributed by atoms with Crippen molar-refractivity contribution in [3.63, 3.8) is 0 Å². The lowest BCUT2D eigenvalue weighted by atomic mass is 9.92. The van der Waals surface area contributed by atoms with E-state index in [-0.39, 0.29) is 5.91 Å². The van der Waals surface area contributed by atoms with Crippen molar-refractivity contribution in [2.45, 2.75) is 25.7 Å². The highest BCUT2D eigenvalue weighted by Gasteiger charge is 2.37. The molecule has 2 aromatic rings. The number of nitrogens with zero attached hydrogens (tertiary/aromatic N) is 1. The van der Waals surface area contributed by atoms with Crippen LogP contribution in [0.3, 0.4) is 0 Å². The number of rotatable bonds is 10. The van der Waals surface area contributed by atoms with Crippen LogP contribution in [-0.4, -0.2) is 45.2 Å². The Balaban J connectivity index is 1.45. The number of methoxy groups -OCH3 is 3. The molecule has 32 heavy (non-hydrogen) atoms. The minimum Gasteiger partial charge on any atom is -0.497 e. The number of carbonyl (C=O) groups is 1. The van der Waals surface area contributed by atoms with E-state index in [9.17, 15) is 4.79 Å². The first kappa shape index (κ1) is 22.3. The zero-order chi connectivity index (χ0) is 22.5. The molecule has 3 atom stereocenters. The van der Waals surface area contributed by atoms with Gasteiger partial charge in [0.2, 0.25) is 5.91 Å². The first-order valence-electron chi connectivity index (χ1n) is 11.4. The van der Waals surface area contributed by atoms with E-state index in [0.717, 1.165) is 41.3 Å². The Bertz CT molecular complexity index is 953. The number of allylic oxidation sites excluding steroid dienone is 2. The van der Waals surface area contributed by atoms with Gasteiger partial charge in [-0.3, -0.25) is 4.79 Å². The molecule has 0 aromatic heterocycles. The van der Waals surface area contributed by atoms with E-state index in [2.05, 4.69) is 17.1 Å². The molecule has 1 saturated carbocycles. The SMILES string of the molecule is COc1ccc(CC(=O)N(CCc2ccc(OC)c(OC)c2)CC2CC3C=CC2C3)cc1. The van der Waals surface area contributed by atoms with Crippen LogP contribution in [-0.2, 0) is 17.6 Å². The van der Waals surface area contributed by atoms with Crippen LogP contribution in [0.25, 0.3) is 0 Å². The van der Waals surface area contributed by atoms with E-state index in [0.29, 0.717) is 30.7 Å². The third-order valence-corrected chi connectivity index (χ3v) is 6.86. The number of hydrogen-bond acceptors (Lipinski definition) is 4. The minimum absolute atomic E-state index is 0.183. The van der Waals surface area contributed by atoms with E-state index < -0.39 is 0 Å². The van der Waals surface area contributed by atoms with Crippen molar-refractivity contribution in [1.29, 1.82) is 0 Å². The van der Waals surface area contributed by atoms with Gasteiger partial charge in [0.15, 0.2) is 11.5 Å². The Hall–Kier alpha value is -2.95. The molecule has 1 fully saturated rings. The Morgan fingerprint density at radius 1 is 0.906 bits per heavy atom. The molecular weight excluding hydrogens is 402 g/mol. The number of carbonyl (C=O) groups excluding carboxylic acids is 1. The fourth-order valence-corrected chi connectivity index (χ4v) is 5.04. The van der Waals surface area contributed by atoms with Crippen LogP contribution in [0.15, 0.2) is 54.6 Å². The van der Waals surface area contributed by atoms with Gasteiger partial charge in [0.05, 0.1) is 27.8 Å². The quantitative estimate of drug-likeness (QED) is 0.514. The monoisotopic (exact) mass is 435 g/mol. The molecule has 2 bridgehead atoms. The number of benzene rings is 2. The number of fused-ring (bicyclic) bond motifs is 2. The zero-order valence-electron chi connectivity index (χ0n) is 19.3. The minimum atomic E-state index is 0.183. The Morgan fingerprint density at radius 3 is 2.28 bits per heavy atom. The summed E-state index contributed by atoms with van der Waals surface area (Å²) in [4.78, 5) is 15.4. The van der Waals surface area contributed by atoms with Gasteiger partial charge in [0, 0.05) is 13.1 Å². The fourth-order valence-electron chi connectivity index (χ4n) is 5.04. The van der Waals surface area contributed by atoms with Crippen LogP contribution >= 0.6 is 0 Å². The van der Waals surface area contributed by atoms with Gasteiger partial charge in [-0.25, -0.2) is 0 Å². The summed E-state index contributed by atoms with van der Waals surface area (Å²) in [7, 11) is 4.94. The topological polar surface area (TPSA) is 48.0 Å². The lowest BCUT2D eigenvalue weighted by Gasteiger charge is -2.29. The molecule has 5 heteroatoms. The van der Waals surface area contributed by atoms with E-state index in [4.69, 9.17) is 14.2 Å². The van der Waals surface area contributed by atoms with Crippen molar-refractivity contribution in [1.82, 2.24) is 4.90 Å². The molecule has 3 unspecified atom stereocenters. The molecule has 1 amide bonds. The van der Waals surface area contributed by atoms with Gasteiger partial charge in [-0.05, 0) is 72.4 Å². The Kier molecular flexibility index (Phi) is 7.03. The van der Waals surface area contributed by atoms with Crippen molar-refractivity contribution >= 4 is 5.91 Å². The molecule has 0 spiro atoms. The fraction of sp³-hybridized carbons (Fsp3) is 0.444. The second-order valence-corrected chi connectivity index (χ2v) is 8.84. The zero-order valence-corrected chi connectivity index (χ0v) is 19.3. The maximum Gasteiger partial charge on any atom is 0.227 e. The predicted molar refractivity (Wildman–Crippen MR) is 125 cm³/mol. The first-order valence-corrected chi connectivity index (χ1v) is 11.4. The highest BCUT2D eigenvalue weighted by Crippen LogP contribution is 2.43. The van der Waals surface area contributed by atoms with E-state index in [1.165, 1.54) is 12.8 Å². The summed E-state index contributed by atoms with van der Waals surface area (Å²) in [6.45, 7) is 1.52. The summed E-state index contributed by atoms with van der Waals surface area (Å²) in [5.74, 6) is 4.32. The van der Waals surface area contributed by atoms with Crippen molar-refractivity contribution in [3.05, 3.63) is 65.7 Å². The average molecular weight is 436 g/mol. The molecular formula is C27H33NO4. The second-order valence-electron chi connectivity index (χ2n) is 8.84. The van der Waals surface area contributed by atoms with Crippen molar-refractivity contribution in [2.24, 2.45) is 17.8 Å². The van der Waals surface area contributed by atoms with Gasteiger partial charge < -0.3 is 19.1 Å². The Labute approximate surface area is 191 Å². The highest BCUT2D eigenvalue weighted by atomic mass is 16.5. The lowest BCUT2D eigenvalue weighted by molar-refractivity contribution is -0.131. The normalized spacial score (nSPS) is 20.9. The highest BCUT2D eigenvalue weighted by molar-refractivity contribution is 5.79. The summed E-state index contributed by atoms with van der Waals surface area (Å²) in [6.07, 6.45) is 8.36. The molecule has 2 aliphatic rings. The number of ether oxygens (including phenoxy) is 3. The van der Waals surface area contributed by atoms with Crippen LogP contribution in [0.1, 0.15) is 24.0 Å². The third kappa shape index (κ3) is 5.09. The van der Waals surface area contributed by atoms with Gasteiger partial charge in [-0.2, -0.15) is 0 Å². The summed E-state index contributed by atoms with van der Waals surface area (Å²) in [5, 5.41) is 0. The number of amides is 1. The summed E-state index contributed by atoms with van der Waals surface area (Å²) in [5.41, 5.74) is 2.15. The molecule has 0 heterocycles. The van der Waals surface area contributed by atoms with Crippen LogP contribution in [0.2, 0.25) is 0 Å². The largest absolute Gasteiger partial charge is 0.497 e. The van der Waals surface area contributed by atoms with Gasteiger partial charge in [0.25, 0.3) is 0 Å². The molecule has 0 N–H and O–H groups in total. The van der Waals surface area contributed by atoms with Crippen LogP contribution in [0.4, 0.5) is 0 Å². The third-order valence-electron chi connectivity index (χ3n) is 6.86. The second kappa shape index (κ2) is 10.1. The van der Waals surface area contributed by atoms with E-state index in [1.54, 1.807) is 21.3 Å². The van der Waals surface area contributed by atoms with Gasteiger partial charge in [-0.1, -0.05) is 30.4 Å². The molecule has 2 aliphatic carbocycles. The van der Waals surface area contributed by atoms with E-state index >= 15 is 0 Å². The smallest absolute Gasteiger partial charge is 0.227 e. The van der Waals surface area contributed by atoms with E-state index in [1.807, 2.05) is 42.5 Å². The maximum absolute atomic E-state index is 13.3. The van der Waals surface area contributed by atoms with Crippen molar-refractivity contribution in [3.8, 4) is 17.2 Å². The van der Waals surface area contributed by atoms with Crippen LogP contribution < -0.4 is 14.2 Å². The molecule has 2 aromatic carbocycles. The number of hydrogen-bond donors (Lipinski definition) is 0. The standard InChI is InChI=1S/C27H33NO4/c1-30-24-9-5-19(6-10-24)17-27(29)28(18-23-15-21-4-8-22(23)14-21)13-12-20-7-11-25(31-2)26(16-20)32-3/h4-11,16,21-23H,12-15,17-18H2,1-3H3. The predicted octanol–water partition coefficient (Wildman–Crippen LogP) is 4.54. The summed E-state index contributed by atoms with van der Waals surface area (Å²) < 4.78 is 16.0. The maximum atomic E-state index is 13.3. The van der Waals surface area contributed by atoms with Crippen LogP contribution in [0.5, 0.6) is 17.2 Å². The summed E-state index contributed by atoms with van der Waals surface area (Å²) in [6, 6.07) is 13.8. The van der Waals surface area contributed by atoms with Crippen molar-refractivity contribution in [2.75, 3.05) is 34.4 Å². The molecule has 0 radical (unpaired) electrons. The summed E-state index contributed by atoms with van der Waals surface area (Å²) >= 11 is 0. The molecule has 0 aliphatic heterocycles. The molecule has 4 rings (SSSR count). The van der Waals surface area contributed by atoms with Crippen LogP contribution in [0, 0.1) is 17.8 Å². The molecule has 5 nitrogen and oxygen atoms in total. The van der Waals surface area contributed by atoms with Gasteiger partial charge >= 0.3 is 0 Å². The Morgan fingerprint density at radius 2 is 1.66 bits per heavy atom. The van der Waals surface area contributed by atoms with Crippen molar-refractivity contribution < 1.29 is 19.0 Å². The first-order chi connectivity index (χ1) is 15.6.